The predicted molar refractivity (Wildman–Crippen MR) is 76.5 cm³/mol. The summed E-state index contributed by atoms with van der Waals surface area (Å²) in [5.41, 5.74) is 1.14. The Morgan fingerprint density at radius 1 is 1.47 bits per heavy atom. The van der Waals surface area contributed by atoms with E-state index in [4.69, 9.17) is 11.6 Å². The molecule has 2 nitrogen and oxygen atoms in total. The van der Waals surface area contributed by atoms with E-state index in [1.54, 1.807) is 0 Å². The summed E-state index contributed by atoms with van der Waals surface area (Å²) in [6.07, 6.45) is 2.67. The van der Waals surface area contributed by atoms with Crippen LogP contribution in [0.25, 0.3) is 0 Å². The minimum absolute atomic E-state index is 0.464. The van der Waals surface area contributed by atoms with Crippen LogP contribution in [0.3, 0.4) is 0 Å². The average molecular weight is 318 g/mol. The summed E-state index contributed by atoms with van der Waals surface area (Å²) in [6.45, 7) is 4.03. The molecule has 1 unspecified atom stereocenters. The summed E-state index contributed by atoms with van der Waals surface area (Å²) in [4.78, 5) is 0. The van der Waals surface area contributed by atoms with Gasteiger partial charge in [-0.1, -0.05) is 27.5 Å². The lowest BCUT2D eigenvalue weighted by molar-refractivity contribution is 0.500. The van der Waals surface area contributed by atoms with Crippen molar-refractivity contribution in [3.63, 3.8) is 0 Å². The first-order chi connectivity index (χ1) is 8.15. The van der Waals surface area contributed by atoms with E-state index < -0.39 is 0 Å². The Kier molecular flexibility index (Phi) is 4.86. The van der Waals surface area contributed by atoms with E-state index in [9.17, 15) is 0 Å². The molecule has 0 aromatic heterocycles. The van der Waals surface area contributed by atoms with E-state index >= 15 is 0 Å². The summed E-state index contributed by atoms with van der Waals surface area (Å²) in [5.74, 6) is 0. The van der Waals surface area contributed by atoms with Crippen molar-refractivity contribution in [3.05, 3.63) is 33.3 Å². The van der Waals surface area contributed by atoms with Crippen molar-refractivity contribution in [1.29, 1.82) is 0 Å². The number of halogens is 2. The van der Waals surface area contributed by atoms with Crippen molar-refractivity contribution >= 4 is 27.5 Å². The van der Waals surface area contributed by atoms with E-state index in [1.807, 2.05) is 12.1 Å². The van der Waals surface area contributed by atoms with Crippen molar-refractivity contribution in [2.75, 3.05) is 6.54 Å². The molecule has 0 radical (unpaired) electrons. The molecular weight excluding hydrogens is 300 g/mol. The monoisotopic (exact) mass is 316 g/mol. The number of rotatable bonds is 6. The van der Waals surface area contributed by atoms with E-state index in [0.29, 0.717) is 6.04 Å². The maximum absolute atomic E-state index is 6.14. The summed E-state index contributed by atoms with van der Waals surface area (Å²) in [5, 5.41) is 7.82. The average Bonchev–Trinajstić information content (AvgIpc) is 3.11. The first-order valence-electron chi connectivity index (χ1n) is 6.06. The maximum Gasteiger partial charge on any atom is 0.0451 e. The van der Waals surface area contributed by atoms with Gasteiger partial charge in [0.25, 0.3) is 0 Å². The van der Waals surface area contributed by atoms with E-state index in [-0.39, 0.29) is 0 Å². The molecule has 0 saturated heterocycles. The van der Waals surface area contributed by atoms with E-state index in [2.05, 4.69) is 39.6 Å². The van der Waals surface area contributed by atoms with E-state index in [1.165, 1.54) is 12.8 Å². The zero-order valence-electron chi connectivity index (χ0n) is 9.97. The minimum atomic E-state index is 0.464. The summed E-state index contributed by atoms with van der Waals surface area (Å²) in [6, 6.07) is 7.19. The molecular formula is C13H18BrClN2. The number of nitrogens with one attached hydrogen (secondary N) is 2. The van der Waals surface area contributed by atoms with Crippen molar-refractivity contribution in [3.8, 4) is 0 Å². The first kappa shape index (κ1) is 13.3. The molecule has 1 saturated carbocycles. The Hall–Kier alpha value is -0.0900. The maximum atomic E-state index is 6.14. The highest BCUT2D eigenvalue weighted by atomic mass is 79.9. The molecule has 1 aliphatic rings. The second-order valence-electron chi connectivity index (χ2n) is 4.70. The number of benzene rings is 1. The molecule has 1 fully saturated rings. The lowest BCUT2D eigenvalue weighted by Crippen LogP contribution is -2.36. The minimum Gasteiger partial charge on any atom is -0.312 e. The van der Waals surface area contributed by atoms with Gasteiger partial charge in [0.05, 0.1) is 0 Å². The molecule has 17 heavy (non-hydrogen) atoms. The molecule has 1 aliphatic carbocycles. The third kappa shape index (κ3) is 4.59. The molecule has 2 rings (SSSR count). The number of hydrogen-bond acceptors (Lipinski definition) is 2. The lowest BCUT2D eigenvalue weighted by Gasteiger charge is -2.15. The molecule has 1 atom stereocenters. The van der Waals surface area contributed by atoms with Crippen LogP contribution in [0.15, 0.2) is 22.7 Å². The molecule has 1 aromatic carbocycles. The van der Waals surface area contributed by atoms with Gasteiger partial charge >= 0.3 is 0 Å². The topological polar surface area (TPSA) is 24.1 Å². The quantitative estimate of drug-likeness (QED) is 0.841. The zero-order chi connectivity index (χ0) is 12.3. The molecule has 0 spiro atoms. The van der Waals surface area contributed by atoms with E-state index in [0.717, 1.165) is 34.2 Å². The fourth-order valence-electron chi connectivity index (χ4n) is 1.67. The van der Waals surface area contributed by atoms with Gasteiger partial charge in [0.2, 0.25) is 0 Å². The van der Waals surface area contributed by atoms with Gasteiger partial charge in [0.1, 0.15) is 0 Å². The van der Waals surface area contributed by atoms with Crippen molar-refractivity contribution in [2.24, 2.45) is 0 Å². The Bertz CT molecular complexity index is 380. The van der Waals surface area contributed by atoms with Crippen LogP contribution < -0.4 is 10.6 Å². The van der Waals surface area contributed by atoms with Gasteiger partial charge in [-0.15, -0.1) is 0 Å². The van der Waals surface area contributed by atoms with Gasteiger partial charge in [-0.3, -0.25) is 0 Å². The molecule has 0 amide bonds. The molecule has 4 heteroatoms. The second-order valence-corrected chi connectivity index (χ2v) is 6.02. The zero-order valence-corrected chi connectivity index (χ0v) is 12.3. The van der Waals surface area contributed by atoms with Crippen LogP contribution >= 0.6 is 27.5 Å². The van der Waals surface area contributed by atoms with Crippen LogP contribution in [-0.2, 0) is 6.54 Å². The highest BCUT2D eigenvalue weighted by molar-refractivity contribution is 9.10. The first-order valence-corrected chi connectivity index (χ1v) is 7.23. The summed E-state index contributed by atoms with van der Waals surface area (Å²) < 4.78 is 1.07. The van der Waals surface area contributed by atoms with Gasteiger partial charge in [-0.05, 0) is 43.5 Å². The largest absolute Gasteiger partial charge is 0.312 e. The van der Waals surface area contributed by atoms with Crippen molar-refractivity contribution in [2.45, 2.75) is 38.4 Å². The van der Waals surface area contributed by atoms with Crippen molar-refractivity contribution in [1.82, 2.24) is 10.6 Å². The molecule has 94 valence electrons. The molecule has 0 aliphatic heterocycles. The molecule has 1 aromatic rings. The fraction of sp³-hybridized carbons (Fsp3) is 0.538. The van der Waals surface area contributed by atoms with Crippen LogP contribution in [0.1, 0.15) is 25.3 Å². The third-order valence-electron chi connectivity index (χ3n) is 2.94. The third-order valence-corrected chi connectivity index (χ3v) is 3.80. The fourth-order valence-corrected chi connectivity index (χ4v) is 2.26. The second kappa shape index (κ2) is 6.19. The SMILES string of the molecule is CC(CNC1CC1)NCc1cc(Br)ccc1Cl. The van der Waals surface area contributed by atoms with Crippen LogP contribution in [0, 0.1) is 0 Å². The molecule has 2 N–H and O–H groups in total. The summed E-state index contributed by atoms with van der Waals surface area (Å²) in [7, 11) is 0. The van der Waals surface area contributed by atoms with Crippen LogP contribution in [-0.4, -0.2) is 18.6 Å². The van der Waals surface area contributed by atoms with Gasteiger partial charge < -0.3 is 10.6 Å². The van der Waals surface area contributed by atoms with Gasteiger partial charge in [-0.2, -0.15) is 0 Å². The van der Waals surface area contributed by atoms with Crippen LogP contribution in [0.4, 0.5) is 0 Å². The number of hydrogen-bond donors (Lipinski definition) is 2. The standard InChI is InChI=1S/C13H18BrClN2/c1-9(7-17-12-3-4-12)16-8-10-6-11(14)2-5-13(10)15/h2,5-6,9,12,16-17H,3-4,7-8H2,1H3. The Labute approximate surface area is 116 Å². The van der Waals surface area contributed by atoms with Gasteiger partial charge in [0, 0.05) is 34.7 Å². The van der Waals surface area contributed by atoms with Crippen LogP contribution in [0.2, 0.25) is 5.02 Å². The molecule has 0 bridgehead atoms. The Balaban J connectivity index is 1.77. The highest BCUT2D eigenvalue weighted by Gasteiger charge is 2.20. The van der Waals surface area contributed by atoms with Gasteiger partial charge in [0.15, 0.2) is 0 Å². The smallest absolute Gasteiger partial charge is 0.0451 e. The Morgan fingerprint density at radius 2 is 2.24 bits per heavy atom. The van der Waals surface area contributed by atoms with Gasteiger partial charge in [-0.25, -0.2) is 0 Å². The lowest BCUT2D eigenvalue weighted by atomic mass is 10.2. The molecule has 0 heterocycles. The van der Waals surface area contributed by atoms with Crippen LogP contribution in [0.5, 0.6) is 0 Å². The van der Waals surface area contributed by atoms with Crippen molar-refractivity contribution < 1.29 is 0 Å². The highest BCUT2D eigenvalue weighted by Crippen LogP contribution is 2.21. The normalized spacial score (nSPS) is 17.1. The summed E-state index contributed by atoms with van der Waals surface area (Å²) >= 11 is 9.60. The Morgan fingerprint density at radius 3 is 2.94 bits per heavy atom. The predicted octanol–water partition coefficient (Wildman–Crippen LogP) is 3.33.